The van der Waals surface area contributed by atoms with Gasteiger partial charge in [-0.3, -0.25) is 0 Å². The van der Waals surface area contributed by atoms with Crippen molar-refractivity contribution >= 4 is 6.08 Å². The fraction of sp³-hybridized carbons (Fsp3) is 0.200. The van der Waals surface area contributed by atoms with Gasteiger partial charge in [-0.2, -0.15) is 5.10 Å². The van der Waals surface area contributed by atoms with Crippen LogP contribution in [0.4, 0.5) is 0 Å². The van der Waals surface area contributed by atoms with Crippen LogP contribution in [0.2, 0.25) is 0 Å². The van der Waals surface area contributed by atoms with E-state index < -0.39 is 0 Å². The summed E-state index contributed by atoms with van der Waals surface area (Å²) in [6, 6.07) is 5.62. The minimum Gasteiger partial charge on any atom is -0.516 e. The molecule has 7 heteroatoms. The Morgan fingerprint density at radius 1 is 1.00 bits per heavy atom. The summed E-state index contributed by atoms with van der Waals surface area (Å²) in [6.45, 7) is 7.44. The highest BCUT2D eigenvalue weighted by Gasteiger charge is 2.15. The van der Waals surface area contributed by atoms with Gasteiger partial charge in [0.1, 0.15) is 12.1 Å². The summed E-state index contributed by atoms with van der Waals surface area (Å²) in [7, 11) is 0. The van der Waals surface area contributed by atoms with Crippen LogP contribution in [0.5, 0.6) is 17.5 Å². The molecule has 1 aromatic carbocycles. The molecule has 0 bridgehead atoms. The van der Waals surface area contributed by atoms with E-state index in [0.29, 0.717) is 28.5 Å². The zero-order valence-electron chi connectivity index (χ0n) is 15.6. The zero-order valence-corrected chi connectivity index (χ0v) is 15.6. The molecule has 138 valence electrons. The van der Waals surface area contributed by atoms with Crippen molar-refractivity contribution in [2.75, 3.05) is 0 Å². The molecule has 0 saturated carbocycles. The van der Waals surface area contributed by atoms with Crippen LogP contribution in [0.25, 0.3) is 17.2 Å². The first kappa shape index (κ1) is 18.3. The number of aliphatic hydroxyl groups excluding tert-OH is 1. The molecule has 0 saturated heterocycles. The maximum absolute atomic E-state index is 9.89. The predicted molar refractivity (Wildman–Crippen MR) is 102 cm³/mol. The normalized spacial score (nSPS) is 11.1. The van der Waals surface area contributed by atoms with E-state index >= 15 is 0 Å². The van der Waals surface area contributed by atoms with Crippen molar-refractivity contribution in [1.29, 1.82) is 0 Å². The molecule has 0 unspecified atom stereocenters. The quantitative estimate of drug-likeness (QED) is 0.669. The molecule has 0 amide bonds. The maximum Gasteiger partial charge on any atom is 0.234 e. The van der Waals surface area contributed by atoms with Gasteiger partial charge in [0.15, 0.2) is 0 Å². The van der Waals surface area contributed by atoms with Crippen molar-refractivity contribution in [3.63, 3.8) is 0 Å². The molecule has 0 aliphatic rings. The first-order valence-corrected chi connectivity index (χ1v) is 8.36. The van der Waals surface area contributed by atoms with Gasteiger partial charge in [-0.1, -0.05) is 6.07 Å². The topological polar surface area (TPSA) is 101 Å². The number of nitrogens with zero attached hydrogens (tertiary/aromatic N) is 4. The Hall–Kier alpha value is -3.48. The number of hydrogen-bond donors (Lipinski definition) is 2. The van der Waals surface area contributed by atoms with Gasteiger partial charge in [0, 0.05) is 11.1 Å². The molecular formula is C20H20N4O3. The van der Waals surface area contributed by atoms with Crippen LogP contribution in [-0.2, 0) is 0 Å². The molecule has 0 aliphatic heterocycles. The molecule has 0 aliphatic carbocycles. The van der Waals surface area contributed by atoms with E-state index in [1.807, 2.05) is 45.9 Å². The summed E-state index contributed by atoms with van der Waals surface area (Å²) in [5.41, 5.74) is 5.48. The summed E-state index contributed by atoms with van der Waals surface area (Å²) in [4.78, 5) is 8.27. The fourth-order valence-corrected chi connectivity index (χ4v) is 2.93. The van der Waals surface area contributed by atoms with Crippen molar-refractivity contribution in [2.45, 2.75) is 27.7 Å². The van der Waals surface area contributed by atoms with E-state index in [1.54, 1.807) is 0 Å². The smallest absolute Gasteiger partial charge is 0.234 e. The summed E-state index contributed by atoms with van der Waals surface area (Å²) >= 11 is 0. The second-order valence-corrected chi connectivity index (χ2v) is 6.18. The lowest BCUT2D eigenvalue weighted by molar-refractivity contribution is 0.440. The van der Waals surface area contributed by atoms with E-state index in [0.717, 1.165) is 28.6 Å². The summed E-state index contributed by atoms with van der Waals surface area (Å²) < 4.78 is 5.91. The molecule has 0 spiro atoms. The third-order valence-corrected chi connectivity index (χ3v) is 4.34. The minimum absolute atomic E-state index is 0.0766. The van der Waals surface area contributed by atoms with Crippen LogP contribution in [0.1, 0.15) is 28.1 Å². The van der Waals surface area contributed by atoms with Crippen LogP contribution in [0, 0.1) is 27.7 Å². The van der Waals surface area contributed by atoms with Crippen LogP contribution >= 0.6 is 0 Å². The SMILES string of the molecule is Cc1cc(Oc2ncnc(C)c2/C=C\O)ccc1-c1c(C)nnc(O)c1C. The van der Waals surface area contributed by atoms with Gasteiger partial charge in [0.25, 0.3) is 0 Å². The molecule has 2 heterocycles. The van der Waals surface area contributed by atoms with Crippen LogP contribution in [0.15, 0.2) is 30.8 Å². The van der Waals surface area contributed by atoms with Gasteiger partial charge in [-0.25, -0.2) is 9.97 Å². The first-order chi connectivity index (χ1) is 12.9. The highest BCUT2D eigenvalue weighted by atomic mass is 16.5. The molecule has 2 aromatic heterocycles. The average Bonchev–Trinajstić information content (AvgIpc) is 2.63. The van der Waals surface area contributed by atoms with Crippen molar-refractivity contribution < 1.29 is 14.9 Å². The van der Waals surface area contributed by atoms with E-state index in [4.69, 9.17) is 9.84 Å². The Morgan fingerprint density at radius 3 is 2.48 bits per heavy atom. The predicted octanol–water partition coefficient (Wildman–Crippen LogP) is 4.19. The first-order valence-electron chi connectivity index (χ1n) is 8.36. The van der Waals surface area contributed by atoms with E-state index in [2.05, 4.69) is 20.2 Å². The van der Waals surface area contributed by atoms with E-state index in [-0.39, 0.29) is 5.88 Å². The van der Waals surface area contributed by atoms with Gasteiger partial charge >= 0.3 is 0 Å². The number of aliphatic hydroxyl groups is 1. The van der Waals surface area contributed by atoms with Gasteiger partial charge in [0.05, 0.1) is 23.2 Å². The van der Waals surface area contributed by atoms with Crippen molar-refractivity contribution in [3.05, 3.63) is 58.9 Å². The Balaban J connectivity index is 2.00. The number of ether oxygens (including phenoxy) is 1. The van der Waals surface area contributed by atoms with Crippen molar-refractivity contribution in [2.24, 2.45) is 0 Å². The summed E-state index contributed by atoms with van der Waals surface area (Å²) in [5, 5.41) is 26.7. The van der Waals surface area contributed by atoms with Crippen LogP contribution in [0.3, 0.4) is 0 Å². The van der Waals surface area contributed by atoms with Crippen LogP contribution in [-0.4, -0.2) is 30.4 Å². The number of hydrogen-bond acceptors (Lipinski definition) is 7. The Kier molecular flexibility index (Phi) is 5.03. The molecule has 0 radical (unpaired) electrons. The number of aromatic nitrogens is 4. The molecule has 2 N–H and O–H groups in total. The average molecular weight is 364 g/mol. The monoisotopic (exact) mass is 364 g/mol. The maximum atomic E-state index is 9.89. The van der Waals surface area contributed by atoms with E-state index in [1.165, 1.54) is 12.4 Å². The minimum atomic E-state index is -0.0766. The number of aryl methyl sites for hydroxylation is 3. The largest absolute Gasteiger partial charge is 0.516 e. The molecule has 3 aromatic rings. The molecule has 0 atom stereocenters. The highest BCUT2D eigenvalue weighted by molar-refractivity contribution is 5.74. The highest BCUT2D eigenvalue weighted by Crippen LogP contribution is 2.35. The lowest BCUT2D eigenvalue weighted by Crippen LogP contribution is -1.99. The molecule has 7 nitrogen and oxygen atoms in total. The lowest BCUT2D eigenvalue weighted by atomic mass is 9.96. The number of benzene rings is 1. The molecular weight excluding hydrogens is 344 g/mol. The van der Waals surface area contributed by atoms with Crippen LogP contribution < -0.4 is 4.74 Å². The van der Waals surface area contributed by atoms with Gasteiger partial charge in [-0.05, 0) is 57.0 Å². The standard InChI is InChI=1S/C20H20N4O3/c1-11-9-15(27-20-17(7-8-25)13(3)21-10-22-20)5-6-16(11)18-12(2)19(26)24-23-14(18)4/h5-10,25H,1-4H3,(H,24,26)/b8-7-. The summed E-state index contributed by atoms with van der Waals surface area (Å²) in [6.07, 6.45) is 3.84. The van der Waals surface area contributed by atoms with Crippen molar-refractivity contribution in [3.8, 4) is 28.6 Å². The third kappa shape index (κ3) is 3.57. The molecule has 0 fully saturated rings. The Labute approximate surface area is 157 Å². The third-order valence-electron chi connectivity index (χ3n) is 4.34. The Morgan fingerprint density at radius 2 is 1.78 bits per heavy atom. The molecule has 3 rings (SSSR count). The number of aromatic hydroxyl groups is 1. The molecule has 27 heavy (non-hydrogen) atoms. The fourth-order valence-electron chi connectivity index (χ4n) is 2.93. The second kappa shape index (κ2) is 7.41. The van der Waals surface area contributed by atoms with Gasteiger partial charge < -0.3 is 14.9 Å². The van der Waals surface area contributed by atoms with Crippen molar-refractivity contribution in [1.82, 2.24) is 20.2 Å². The second-order valence-electron chi connectivity index (χ2n) is 6.18. The van der Waals surface area contributed by atoms with Gasteiger partial charge in [-0.15, -0.1) is 5.10 Å². The lowest BCUT2D eigenvalue weighted by Gasteiger charge is -2.14. The van der Waals surface area contributed by atoms with E-state index in [9.17, 15) is 5.11 Å². The number of rotatable bonds is 4. The zero-order chi connectivity index (χ0) is 19.6. The van der Waals surface area contributed by atoms with Gasteiger partial charge in [0.2, 0.25) is 11.8 Å². The summed E-state index contributed by atoms with van der Waals surface area (Å²) in [5.74, 6) is 0.881. The Bertz CT molecular complexity index is 1030.